The van der Waals surface area contributed by atoms with E-state index < -0.39 is 37.3 Å². The highest BCUT2D eigenvalue weighted by atomic mass is 16.6. The van der Waals surface area contributed by atoms with Crippen LogP contribution in [-0.2, 0) is 4.74 Å². The molecular weight excluding hydrogens is 194 g/mol. The van der Waals surface area contributed by atoms with Crippen LogP contribution < -0.4 is 0 Å². The van der Waals surface area contributed by atoms with Gasteiger partial charge in [-0.3, -0.25) is 0 Å². The van der Waals surface area contributed by atoms with Crippen LogP contribution in [0.5, 0.6) is 0 Å². The fraction of sp³-hybridized carbons (Fsp3) is 1.00. The van der Waals surface area contributed by atoms with E-state index in [1.807, 2.05) is 0 Å². The molecule has 0 aromatic carbocycles. The van der Waals surface area contributed by atoms with E-state index >= 15 is 0 Å². The molecule has 1 aliphatic heterocycles. The first-order chi connectivity index (χ1) is 6.61. The van der Waals surface area contributed by atoms with Crippen molar-refractivity contribution in [1.82, 2.24) is 0 Å². The Morgan fingerprint density at radius 2 is 2.00 bits per heavy atom. The van der Waals surface area contributed by atoms with Gasteiger partial charge in [0.25, 0.3) is 0 Å². The van der Waals surface area contributed by atoms with Gasteiger partial charge in [-0.1, -0.05) is 5.11 Å². The molecule has 14 heavy (non-hydrogen) atoms. The van der Waals surface area contributed by atoms with Crippen molar-refractivity contribution in [3.05, 3.63) is 10.4 Å². The second-order valence-electron chi connectivity index (χ2n) is 2.93. The second-order valence-corrected chi connectivity index (χ2v) is 2.93. The van der Waals surface area contributed by atoms with Crippen LogP contribution in [0, 0.1) is 0 Å². The number of aliphatic hydroxyl groups is 4. The molecule has 0 aliphatic carbocycles. The maximum atomic E-state index is 9.33. The lowest BCUT2D eigenvalue weighted by molar-refractivity contribution is -0.131. The van der Waals surface area contributed by atoms with Gasteiger partial charge in [-0.05, 0) is 5.53 Å². The molecule has 4 N–H and O–H groups in total. The topological polar surface area (TPSA) is 139 Å². The van der Waals surface area contributed by atoms with Crippen molar-refractivity contribution in [3.8, 4) is 0 Å². The van der Waals surface area contributed by atoms with Crippen molar-refractivity contribution in [2.24, 2.45) is 5.11 Å². The molecule has 1 aliphatic rings. The predicted molar refractivity (Wildman–Crippen MR) is 42.9 cm³/mol. The summed E-state index contributed by atoms with van der Waals surface area (Å²) < 4.78 is 4.72. The van der Waals surface area contributed by atoms with E-state index in [0.29, 0.717) is 0 Å². The summed E-state index contributed by atoms with van der Waals surface area (Å²) in [5.74, 6) is 0. The summed E-state index contributed by atoms with van der Waals surface area (Å²) in [6.45, 7) is -0.536. The molecule has 0 aromatic rings. The lowest BCUT2D eigenvalue weighted by Gasteiger charge is -2.18. The Morgan fingerprint density at radius 3 is 2.36 bits per heavy atom. The molecule has 0 spiro atoms. The third-order valence-corrected chi connectivity index (χ3v) is 2.04. The monoisotopic (exact) mass is 205 g/mol. The highest BCUT2D eigenvalue weighted by molar-refractivity contribution is 4.93. The molecule has 1 heterocycles. The van der Waals surface area contributed by atoms with Crippen LogP contribution in [0.2, 0.25) is 0 Å². The summed E-state index contributed by atoms with van der Waals surface area (Å²) in [6.07, 6.45) is -5.46. The summed E-state index contributed by atoms with van der Waals surface area (Å²) in [6, 6.07) is -1.03. The molecule has 8 heteroatoms. The molecule has 0 amide bonds. The first kappa shape index (κ1) is 11.2. The van der Waals surface area contributed by atoms with Crippen molar-refractivity contribution < 1.29 is 25.2 Å². The number of azide groups is 1. The van der Waals surface area contributed by atoms with Gasteiger partial charge in [-0.15, -0.1) is 0 Å². The average Bonchev–Trinajstić information content (AvgIpc) is 2.42. The van der Waals surface area contributed by atoms with Gasteiger partial charge in [0, 0.05) is 4.91 Å². The van der Waals surface area contributed by atoms with Gasteiger partial charge >= 0.3 is 0 Å². The molecule has 0 bridgehead atoms. The predicted octanol–water partition coefficient (Wildman–Crippen LogP) is -1.90. The van der Waals surface area contributed by atoms with E-state index in [1.54, 1.807) is 0 Å². The first-order valence-corrected chi connectivity index (χ1v) is 3.96. The Hall–Kier alpha value is -0.890. The number of rotatable bonds is 3. The fourth-order valence-electron chi connectivity index (χ4n) is 1.28. The molecular formula is C6H11N3O5. The van der Waals surface area contributed by atoms with Crippen molar-refractivity contribution in [2.75, 3.05) is 6.61 Å². The Balaban J connectivity index is 2.73. The Morgan fingerprint density at radius 1 is 1.36 bits per heavy atom. The number of nitrogens with zero attached hydrogens (tertiary/aromatic N) is 3. The lowest BCUT2D eigenvalue weighted by atomic mass is 10.1. The lowest BCUT2D eigenvalue weighted by Crippen LogP contribution is -2.39. The maximum absolute atomic E-state index is 9.33. The number of hydrogen-bond donors (Lipinski definition) is 4. The van der Waals surface area contributed by atoms with E-state index in [-0.39, 0.29) is 0 Å². The van der Waals surface area contributed by atoms with Gasteiger partial charge in [0.2, 0.25) is 0 Å². The van der Waals surface area contributed by atoms with Crippen molar-refractivity contribution >= 4 is 0 Å². The molecule has 1 saturated heterocycles. The third kappa shape index (κ3) is 1.95. The van der Waals surface area contributed by atoms with Crippen LogP contribution in [-0.4, -0.2) is 57.7 Å². The summed E-state index contributed by atoms with van der Waals surface area (Å²) in [5.41, 5.74) is 8.13. The highest BCUT2D eigenvalue weighted by Gasteiger charge is 2.45. The molecule has 0 unspecified atom stereocenters. The zero-order valence-corrected chi connectivity index (χ0v) is 7.13. The van der Waals surface area contributed by atoms with E-state index in [2.05, 4.69) is 10.0 Å². The molecule has 8 nitrogen and oxygen atoms in total. The first-order valence-electron chi connectivity index (χ1n) is 3.96. The van der Waals surface area contributed by atoms with Crippen LogP contribution in [0.3, 0.4) is 0 Å². The summed E-state index contributed by atoms with van der Waals surface area (Å²) >= 11 is 0. The summed E-state index contributed by atoms with van der Waals surface area (Å²) in [4.78, 5) is 2.45. The van der Waals surface area contributed by atoms with Crippen molar-refractivity contribution in [1.29, 1.82) is 0 Å². The van der Waals surface area contributed by atoms with Gasteiger partial charge in [0.1, 0.15) is 18.3 Å². The molecule has 5 atom stereocenters. The van der Waals surface area contributed by atoms with Crippen LogP contribution in [0.4, 0.5) is 0 Å². The fourth-order valence-corrected chi connectivity index (χ4v) is 1.28. The quantitative estimate of drug-likeness (QED) is 0.242. The number of ether oxygens (including phenoxy) is 1. The van der Waals surface area contributed by atoms with Crippen LogP contribution in [0.25, 0.3) is 10.4 Å². The number of aliphatic hydroxyl groups excluding tert-OH is 4. The summed E-state index contributed by atoms with van der Waals surface area (Å²) in [7, 11) is 0. The minimum absolute atomic E-state index is 0.536. The van der Waals surface area contributed by atoms with E-state index in [1.165, 1.54) is 0 Å². The molecule has 0 aromatic heterocycles. The number of hydrogen-bond acceptors (Lipinski definition) is 6. The largest absolute Gasteiger partial charge is 0.396 e. The van der Waals surface area contributed by atoms with Crippen molar-refractivity contribution in [2.45, 2.75) is 30.6 Å². The highest BCUT2D eigenvalue weighted by Crippen LogP contribution is 2.23. The Kier molecular flexibility index (Phi) is 3.64. The Bertz CT molecular complexity index is 244. The summed E-state index contributed by atoms with van der Waals surface area (Å²) in [5, 5.41) is 39.4. The smallest absolute Gasteiger partial charge is 0.183 e. The zero-order valence-electron chi connectivity index (χ0n) is 7.13. The van der Waals surface area contributed by atoms with Crippen LogP contribution >= 0.6 is 0 Å². The standard InChI is InChI=1S/C6H11N3O5/c7-9-8-2(1-10)5-3(11)4(12)6(13)14-5/h2-6,10-13H,1H2/t2-,3-,4-,5+,6+/m1/s1. The van der Waals surface area contributed by atoms with Gasteiger partial charge in [-0.25, -0.2) is 0 Å². The Labute approximate surface area is 79.0 Å². The van der Waals surface area contributed by atoms with Gasteiger partial charge in [0.05, 0.1) is 12.6 Å². The van der Waals surface area contributed by atoms with E-state index in [0.717, 1.165) is 0 Å². The minimum Gasteiger partial charge on any atom is -0.396 e. The van der Waals surface area contributed by atoms with Gasteiger partial charge < -0.3 is 25.2 Å². The SMILES string of the molecule is [N-]=[N+]=N[C@H](CO)[C@@H]1O[C@H](O)[C@H](O)[C@H]1O. The van der Waals surface area contributed by atoms with Gasteiger partial charge in [0.15, 0.2) is 6.29 Å². The molecule has 0 radical (unpaired) electrons. The van der Waals surface area contributed by atoms with Crippen molar-refractivity contribution in [3.63, 3.8) is 0 Å². The van der Waals surface area contributed by atoms with Crippen LogP contribution in [0.1, 0.15) is 0 Å². The maximum Gasteiger partial charge on any atom is 0.183 e. The third-order valence-electron chi connectivity index (χ3n) is 2.04. The molecule has 1 rings (SSSR count). The molecule has 1 fully saturated rings. The second kappa shape index (κ2) is 4.56. The van der Waals surface area contributed by atoms with E-state index in [4.69, 9.17) is 25.6 Å². The normalized spacial score (nSPS) is 39.1. The van der Waals surface area contributed by atoms with E-state index in [9.17, 15) is 5.11 Å². The molecule has 0 saturated carbocycles. The van der Waals surface area contributed by atoms with Crippen LogP contribution in [0.15, 0.2) is 5.11 Å². The minimum atomic E-state index is -1.53. The van der Waals surface area contributed by atoms with Gasteiger partial charge in [-0.2, -0.15) is 0 Å². The molecule has 80 valence electrons. The average molecular weight is 205 g/mol. The zero-order chi connectivity index (χ0) is 10.7.